The maximum absolute atomic E-state index is 13.5. The van der Waals surface area contributed by atoms with Gasteiger partial charge in [0.15, 0.2) is 0 Å². The maximum atomic E-state index is 13.5. The smallest absolute Gasteiger partial charge is 0.258 e. The summed E-state index contributed by atoms with van der Waals surface area (Å²) in [6, 6.07) is 22.5. The summed E-state index contributed by atoms with van der Waals surface area (Å²) in [6.07, 6.45) is 0. The summed E-state index contributed by atoms with van der Waals surface area (Å²) >= 11 is 0. The Kier molecular flexibility index (Phi) is 5.58. The summed E-state index contributed by atoms with van der Waals surface area (Å²) in [5, 5.41) is 0.928. The van der Waals surface area contributed by atoms with E-state index in [0.29, 0.717) is 22.6 Å². The van der Waals surface area contributed by atoms with Gasteiger partial charge in [-0.3, -0.25) is 9.59 Å². The highest BCUT2D eigenvalue weighted by atomic mass is 16.5. The van der Waals surface area contributed by atoms with E-state index in [1.807, 2.05) is 68.4 Å². The minimum Gasteiger partial charge on any atom is -0.495 e. The van der Waals surface area contributed by atoms with Gasteiger partial charge in [-0.15, -0.1) is 0 Å². The Morgan fingerprint density at radius 1 is 0.935 bits per heavy atom. The van der Waals surface area contributed by atoms with Crippen LogP contribution in [-0.2, 0) is 6.54 Å². The van der Waals surface area contributed by atoms with E-state index in [4.69, 9.17) is 4.74 Å². The number of aromatic nitrogens is 1. The molecular weight excluding hydrogens is 388 g/mol. The Balaban J connectivity index is 1.82. The zero-order valence-corrected chi connectivity index (χ0v) is 17.8. The predicted octanol–water partition coefficient (Wildman–Crippen LogP) is 5.00. The first-order valence-electron chi connectivity index (χ1n) is 10.1. The number of amides is 1. The van der Waals surface area contributed by atoms with Crippen LogP contribution in [0.25, 0.3) is 10.9 Å². The van der Waals surface area contributed by atoms with Gasteiger partial charge in [-0.05, 0) is 61.7 Å². The van der Waals surface area contributed by atoms with Gasteiger partial charge in [-0.25, -0.2) is 0 Å². The average molecular weight is 412 g/mol. The first-order chi connectivity index (χ1) is 15.0. The molecule has 0 radical (unpaired) electrons. The van der Waals surface area contributed by atoms with Gasteiger partial charge in [0.1, 0.15) is 5.75 Å². The number of hydrogen-bond acceptors (Lipinski definition) is 3. The predicted molar refractivity (Wildman–Crippen MR) is 124 cm³/mol. The lowest BCUT2D eigenvalue weighted by molar-refractivity contribution is 0.0984. The molecule has 5 heteroatoms. The maximum Gasteiger partial charge on any atom is 0.258 e. The van der Waals surface area contributed by atoms with E-state index in [9.17, 15) is 9.59 Å². The Hall–Kier alpha value is -3.86. The van der Waals surface area contributed by atoms with Crippen molar-refractivity contribution < 1.29 is 9.53 Å². The molecule has 0 saturated heterocycles. The van der Waals surface area contributed by atoms with Crippen LogP contribution in [0.4, 0.5) is 5.69 Å². The number of para-hydroxylation sites is 2. The van der Waals surface area contributed by atoms with Gasteiger partial charge in [-0.2, -0.15) is 0 Å². The van der Waals surface area contributed by atoms with E-state index in [0.717, 1.165) is 22.0 Å². The first kappa shape index (κ1) is 20.4. The number of carbonyl (C=O) groups excluding carboxylic acids is 1. The number of H-pyrrole nitrogens is 1. The molecule has 0 aliphatic heterocycles. The van der Waals surface area contributed by atoms with E-state index in [2.05, 4.69) is 4.98 Å². The minimum absolute atomic E-state index is 0.117. The van der Waals surface area contributed by atoms with Gasteiger partial charge in [-0.1, -0.05) is 41.5 Å². The number of ether oxygens (including phenoxy) is 1. The summed E-state index contributed by atoms with van der Waals surface area (Å²) in [5.41, 5.74) is 4.39. The third kappa shape index (κ3) is 4.21. The topological polar surface area (TPSA) is 62.4 Å². The van der Waals surface area contributed by atoms with Crippen molar-refractivity contribution in [3.63, 3.8) is 0 Å². The standard InChI is InChI=1S/C26H24N2O3/c1-17-8-11-19(12-9-17)26(30)28(23-6-4-5-7-24(23)31-3)16-21-15-20-14-18(2)10-13-22(20)27-25(21)29/h4-15H,16H2,1-3H3,(H,27,29). The van der Waals surface area contributed by atoms with Crippen molar-refractivity contribution in [3.05, 3.63) is 105 Å². The molecule has 0 aliphatic carbocycles. The molecule has 0 bridgehead atoms. The minimum atomic E-state index is -0.215. The SMILES string of the molecule is COc1ccccc1N(Cc1cc2cc(C)ccc2[nH]c1=O)C(=O)c1ccc(C)cc1. The molecule has 4 aromatic rings. The fourth-order valence-electron chi connectivity index (χ4n) is 3.63. The molecule has 3 aromatic carbocycles. The molecular formula is C26H24N2O3. The Morgan fingerprint density at radius 2 is 1.65 bits per heavy atom. The highest BCUT2D eigenvalue weighted by Crippen LogP contribution is 2.30. The number of pyridine rings is 1. The molecule has 4 rings (SSSR count). The van der Waals surface area contributed by atoms with Crippen LogP contribution >= 0.6 is 0 Å². The number of fused-ring (bicyclic) bond motifs is 1. The van der Waals surface area contributed by atoms with Crippen LogP contribution in [-0.4, -0.2) is 18.0 Å². The molecule has 5 nitrogen and oxygen atoms in total. The van der Waals surface area contributed by atoms with Crippen LogP contribution in [0.15, 0.2) is 77.6 Å². The summed E-state index contributed by atoms with van der Waals surface area (Å²) in [7, 11) is 1.57. The van der Waals surface area contributed by atoms with Crippen molar-refractivity contribution in [1.82, 2.24) is 4.98 Å². The summed E-state index contributed by atoms with van der Waals surface area (Å²) in [5.74, 6) is 0.365. The molecule has 1 amide bonds. The Labute approximate surface area is 180 Å². The molecule has 0 fully saturated rings. The summed E-state index contributed by atoms with van der Waals surface area (Å²) < 4.78 is 5.51. The largest absolute Gasteiger partial charge is 0.495 e. The third-order valence-electron chi connectivity index (χ3n) is 5.32. The zero-order chi connectivity index (χ0) is 22.0. The second-order valence-electron chi connectivity index (χ2n) is 7.64. The van der Waals surface area contributed by atoms with Crippen LogP contribution in [0.2, 0.25) is 0 Å². The fourth-order valence-corrected chi connectivity index (χ4v) is 3.63. The van der Waals surface area contributed by atoms with E-state index < -0.39 is 0 Å². The lowest BCUT2D eigenvalue weighted by Crippen LogP contribution is -2.33. The van der Waals surface area contributed by atoms with E-state index in [1.165, 1.54) is 0 Å². The van der Waals surface area contributed by atoms with Gasteiger partial charge >= 0.3 is 0 Å². The summed E-state index contributed by atoms with van der Waals surface area (Å²) in [4.78, 5) is 30.9. The van der Waals surface area contributed by atoms with E-state index in [1.54, 1.807) is 30.2 Å². The van der Waals surface area contributed by atoms with Crippen LogP contribution < -0.4 is 15.2 Å². The van der Waals surface area contributed by atoms with Gasteiger partial charge in [0.2, 0.25) is 0 Å². The average Bonchev–Trinajstić information content (AvgIpc) is 2.78. The molecule has 0 saturated carbocycles. The van der Waals surface area contributed by atoms with Gasteiger partial charge < -0.3 is 14.6 Å². The molecule has 156 valence electrons. The highest BCUT2D eigenvalue weighted by molar-refractivity contribution is 6.06. The van der Waals surface area contributed by atoms with Crippen molar-refractivity contribution >= 4 is 22.5 Å². The lowest BCUT2D eigenvalue weighted by atomic mass is 10.1. The van der Waals surface area contributed by atoms with Crippen molar-refractivity contribution in [1.29, 1.82) is 0 Å². The molecule has 1 heterocycles. The van der Waals surface area contributed by atoms with Crippen LogP contribution in [0.1, 0.15) is 27.0 Å². The number of carbonyl (C=O) groups is 1. The van der Waals surface area contributed by atoms with Crippen LogP contribution in [0, 0.1) is 13.8 Å². The monoisotopic (exact) mass is 412 g/mol. The molecule has 1 N–H and O–H groups in total. The Bertz CT molecular complexity index is 1310. The van der Waals surface area contributed by atoms with Crippen molar-refractivity contribution in [2.75, 3.05) is 12.0 Å². The zero-order valence-electron chi connectivity index (χ0n) is 17.8. The molecule has 0 unspecified atom stereocenters. The molecule has 1 aromatic heterocycles. The van der Waals surface area contributed by atoms with Crippen LogP contribution in [0.3, 0.4) is 0 Å². The number of aromatic amines is 1. The Morgan fingerprint density at radius 3 is 2.39 bits per heavy atom. The van der Waals surface area contributed by atoms with Crippen molar-refractivity contribution in [2.24, 2.45) is 0 Å². The second-order valence-corrected chi connectivity index (χ2v) is 7.64. The molecule has 0 spiro atoms. The highest BCUT2D eigenvalue weighted by Gasteiger charge is 2.22. The fraction of sp³-hybridized carbons (Fsp3) is 0.154. The van der Waals surface area contributed by atoms with Gasteiger partial charge in [0, 0.05) is 16.6 Å². The molecule has 0 atom stereocenters. The van der Waals surface area contributed by atoms with Gasteiger partial charge in [0.05, 0.1) is 19.3 Å². The van der Waals surface area contributed by atoms with E-state index >= 15 is 0 Å². The van der Waals surface area contributed by atoms with Gasteiger partial charge in [0.25, 0.3) is 11.5 Å². The number of methoxy groups -OCH3 is 1. The van der Waals surface area contributed by atoms with Crippen molar-refractivity contribution in [3.8, 4) is 5.75 Å². The number of aryl methyl sites for hydroxylation is 2. The number of benzene rings is 3. The number of hydrogen-bond donors (Lipinski definition) is 1. The molecule has 31 heavy (non-hydrogen) atoms. The van der Waals surface area contributed by atoms with E-state index in [-0.39, 0.29) is 18.0 Å². The number of nitrogens with one attached hydrogen (secondary N) is 1. The number of nitrogens with zero attached hydrogens (tertiary/aromatic N) is 1. The summed E-state index contributed by atoms with van der Waals surface area (Å²) in [6.45, 7) is 4.10. The number of anilines is 1. The normalized spacial score (nSPS) is 10.8. The second kappa shape index (κ2) is 8.48. The van der Waals surface area contributed by atoms with Crippen LogP contribution in [0.5, 0.6) is 5.75 Å². The number of rotatable bonds is 5. The van der Waals surface area contributed by atoms with Crippen molar-refractivity contribution in [2.45, 2.75) is 20.4 Å². The quantitative estimate of drug-likeness (QED) is 0.502. The first-order valence-corrected chi connectivity index (χ1v) is 10.1. The third-order valence-corrected chi connectivity index (χ3v) is 5.32. The lowest BCUT2D eigenvalue weighted by Gasteiger charge is -2.25. The molecule has 0 aliphatic rings.